The van der Waals surface area contributed by atoms with Gasteiger partial charge in [-0.3, -0.25) is 4.79 Å². The van der Waals surface area contributed by atoms with Crippen LogP contribution in [0.5, 0.6) is 0 Å². The van der Waals surface area contributed by atoms with Crippen LogP contribution in [0.2, 0.25) is 0 Å². The summed E-state index contributed by atoms with van der Waals surface area (Å²) in [7, 11) is 0. The van der Waals surface area contributed by atoms with E-state index in [4.69, 9.17) is 5.73 Å². The molecule has 1 aromatic rings. The molecule has 0 fully saturated rings. The van der Waals surface area contributed by atoms with Crippen LogP contribution in [-0.4, -0.2) is 23.7 Å². The zero-order valence-electron chi connectivity index (χ0n) is 11.4. The molecule has 0 aliphatic rings. The van der Waals surface area contributed by atoms with Gasteiger partial charge in [0.1, 0.15) is 0 Å². The van der Waals surface area contributed by atoms with Gasteiger partial charge in [-0.05, 0) is 57.5 Å². The first-order valence-electron chi connectivity index (χ1n) is 6.38. The number of carbonyl (C=O) groups is 1. The molecule has 0 saturated heterocycles. The third-order valence-corrected chi connectivity index (χ3v) is 4.38. The average molecular weight is 345 g/mol. The van der Waals surface area contributed by atoms with E-state index in [2.05, 4.69) is 21.2 Å². The van der Waals surface area contributed by atoms with Crippen molar-refractivity contribution < 1.29 is 4.79 Å². The van der Waals surface area contributed by atoms with Crippen molar-refractivity contribution in [1.29, 1.82) is 0 Å². The lowest BCUT2D eigenvalue weighted by Crippen LogP contribution is -2.40. The fourth-order valence-corrected chi connectivity index (χ4v) is 2.82. The molecule has 0 radical (unpaired) electrons. The van der Waals surface area contributed by atoms with E-state index in [1.165, 1.54) is 0 Å². The fourth-order valence-electron chi connectivity index (χ4n) is 1.53. The van der Waals surface area contributed by atoms with E-state index in [9.17, 15) is 4.79 Å². The van der Waals surface area contributed by atoms with Gasteiger partial charge in [0.25, 0.3) is 0 Å². The Labute approximate surface area is 127 Å². The molecule has 0 spiro atoms. The molecule has 0 bridgehead atoms. The first-order valence-corrected chi connectivity index (χ1v) is 7.99. The SMILES string of the molecule is CC(C)(Sc1ccc(Br)cc1)C(=O)NCCCCN. The van der Waals surface area contributed by atoms with Gasteiger partial charge < -0.3 is 11.1 Å². The summed E-state index contributed by atoms with van der Waals surface area (Å²) in [4.78, 5) is 13.2. The summed E-state index contributed by atoms with van der Waals surface area (Å²) in [5.41, 5.74) is 5.42. The largest absolute Gasteiger partial charge is 0.355 e. The molecule has 0 unspecified atom stereocenters. The number of unbranched alkanes of at least 4 members (excludes halogenated alkanes) is 1. The summed E-state index contributed by atoms with van der Waals surface area (Å²) in [5, 5.41) is 2.96. The van der Waals surface area contributed by atoms with Crippen molar-refractivity contribution in [1.82, 2.24) is 5.32 Å². The van der Waals surface area contributed by atoms with Gasteiger partial charge in [-0.1, -0.05) is 15.9 Å². The minimum Gasteiger partial charge on any atom is -0.355 e. The van der Waals surface area contributed by atoms with Crippen molar-refractivity contribution in [3.8, 4) is 0 Å². The van der Waals surface area contributed by atoms with E-state index in [0.29, 0.717) is 13.1 Å². The molecule has 1 rings (SSSR count). The molecule has 19 heavy (non-hydrogen) atoms. The number of nitrogens with two attached hydrogens (primary N) is 1. The van der Waals surface area contributed by atoms with Gasteiger partial charge in [0.05, 0.1) is 4.75 Å². The van der Waals surface area contributed by atoms with Gasteiger partial charge in [0.15, 0.2) is 0 Å². The lowest BCUT2D eigenvalue weighted by Gasteiger charge is -2.23. The highest BCUT2D eigenvalue weighted by Crippen LogP contribution is 2.33. The molecule has 1 aromatic carbocycles. The number of hydrogen-bond donors (Lipinski definition) is 2. The van der Waals surface area contributed by atoms with Crippen LogP contribution in [0.15, 0.2) is 33.6 Å². The molecular weight excluding hydrogens is 324 g/mol. The number of rotatable bonds is 7. The summed E-state index contributed by atoms with van der Waals surface area (Å²) in [6, 6.07) is 7.99. The molecule has 3 N–H and O–H groups in total. The average Bonchev–Trinajstić information content (AvgIpc) is 2.37. The Bertz CT molecular complexity index is 406. The van der Waals surface area contributed by atoms with E-state index in [1.807, 2.05) is 38.1 Å². The highest BCUT2D eigenvalue weighted by molar-refractivity contribution is 9.10. The number of thioether (sulfide) groups is 1. The first-order chi connectivity index (χ1) is 8.95. The molecule has 3 nitrogen and oxygen atoms in total. The third-order valence-electron chi connectivity index (χ3n) is 2.65. The Kier molecular flexibility index (Phi) is 6.89. The van der Waals surface area contributed by atoms with Crippen molar-refractivity contribution in [3.05, 3.63) is 28.7 Å². The minimum absolute atomic E-state index is 0.0671. The second kappa shape index (κ2) is 7.92. The normalized spacial score (nSPS) is 11.4. The molecule has 0 aliphatic heterocycles. The Balaban J connectivity index is 2.49. The van der Waals surface area contributed by atoms with Gasteiger partial charge in [-0.25, -0.2) is 0 Å². The number of halogens is 1. The second-order valence-corrected chi connectivity index (χ2v) is 7.43. The number of hydrogen-bond acceptors (Lipinski definition) is 3. The molecule has 0 atom stereocenters. The van der Waals surface area contributed by atoms with Gasteiger partial charge in [-0.2, -0.15) is 0 Å². The molecule has 5 heteroatoms. The van der Waals surface area contributed by atoms with Crippen molar-refractivity contribution in [2.45, 2.75) is 36.3 Å². The summed E-state index contributed by atoms with van der Waals surface area (Å²) < 4.78 is 0.567. The van der Waals surface area contributed by atoms with Crippen molar-refractivity contribution in [3.63, 3.8) is 0 Å². The molecule has 0 aliphatic carbocycles. The Morgan fingerprint density at radius 2 is 1.95 bits per heavy atom. The second-order valence-electron chi connectivity index (χ2n) is 4.82. The smallest absolute Gasteiger partial charge is 0.236 e. The number of nitrogens with one attached hydrogen (secondary N) is 1. The fraction of sp³-hybridized carbons (Fsp3) is 0.500. The lowest BCUT2D eigenvalue weighted by atomic mass is 10.2. The maximum atomic E-state index is 12.1. The maximum Gasteiger partial charge on any atom is 0.236 e. The quantitative estimate of drug-likeness (QED) is 0.590. The van der Waals surface area contributed by atoms with Crippen LogP contribution in [-0.2, 0) is 4.79 Å². The zero-order valence-corrected chi connectivity index (χ0v) is 13.8. The van der Waals surface area contributed by atoms with Crippen LogP contribution in [0.4, 0.5) is 0 Å². The van der Waals surface area contributed by atoms with Crippen LogP contribution in [0.25, 0.3) is 0 Å². The van der Waals surface area contributed by atoms with E-state index in [1.54, 1.807) is 11.8 Å². The monoisotopic (exact) mass is 344 g/mol. The predicted molar refractivity (Wildman–Crippen MR) is 85.4 cm³/mol. The van der Waals surface area contributed by atoms with Crippen LogP contribution >= 0.6 is 27.7 Å². The van der Waals surface area contributed by atoms with E-state index >= 15 is 0 Å². The van der Waals surface area contributed by atoms with Gasteiger partial charge in [-0.15, -0.1) is 11.8 Å². The third kappa shape index (κ3) is 5.97. The number of amides is 1. The molecule has 0 heterocycles. The van der Waals surface area contributed by atoms with Crippen molar-refractivity contribution >= 4 is 33.6 Å². The van der Waals surface area contributed by atoms with Crippen molar-refractivity contribution in [2.24, 2.45) is 5.73 Å². The van der Waals surface area contributed by atoms with Crippen LogP contribution in [0.3, 0.4) is 0 Å². The van der Waals surface area contributed by atoms with E-state index < -0.39 is 4.75 Å². The molecule has 106 valence electrons. The van der Waals surface area contributed by atoms with E-state index in [-0.39, 0.29) is 5.91 Å². The van der Waals surface area contributed by atoms with Gasteiger partial charge in [0, 0.05) is 15.9 Å². The van der Waals surface area contributed by atoms with Crippen LogP contribution in [0, 0.1) is 0 Å². The lowest BCUT2D eigenvalue weighted by molar-refractivity contribution is -0.122. The minimum atomic E-state index is -0.476. The molecule has 0 aromatic heterocycles. The van der Waals surface area contributed by atoms with Gasteiger partial charge >= 0.3 is 0 Å². The van der Waals surface area contributed by atoms with Crippen LogP contribution in [0.1, 0.15) is 26.7 Å². The van der Waals surface area contributed by atoms with Gasteiger partial charge in [0.2, 0.25) is 5.91 Å². The highest BCUT2D eigenvalue weighted by Gasteiger charge is 2.28. The van der Waals surface area contributed by atoms with E-state index in [0.717, 1.165) is 22.2 Å². The molecule has 1 amide bonds. The summed E-state index contributed by atoms with van der Waals surface area (Å²) >= 11 is 4.97. The number of carbonyl (C=O) groups excluding carboxylic acids is 1. The predicted octanol–water partition coefficient (Wildman–Crippen LogP) is 3.17. The number of benzene rings is 1. The Morgan fingerprint density at radius 3 is 2.53 bits per heavy atom. The van der Waals surface area contributed by atoms with Crippen molar-refractivity contribution in [2.75, 3.05) is 13.1 Å². The molecular formula is C14H21BrN2OS. The maximum absolute atomic E-state index is 12.1. The Hall–Kier alpha value is -0.520. The Morgan fingerprint density at radius 1 is 1.32 bits per heavy atom. The van der Waals surface area contributed by atoms with Crippen LogP contribution < -0.4 is 11.1 Å². The topological polar surface area (TPSA) is 55.1 Å². The standard InChI is InChI=1S/C14H21BrN2OS/c1-14(2,13(18)17-10-4-3-9-16)19-12-7-5-11(15)6-8-12/h5-8H,3-4,9-10,16H2,1-2H3,(H,17,18). The first kappa shape index (κ1) is 16.5. The molecule has 0 saturated carbocycles. The highest BCUT2D eigenvalue weighted by atomic mass is 79.9. The summed E-state index contributed by atoms with van der Waals surface area (Å²) in [6.07, 6.45) is 1.88. The summed E-state index contributed by atoms with van der Waals surface area (Å²) in [5.74, 6) is 0.0671. The summed E-state index contributed by atoms with van der Waals surface area (Å²) in [6.45, 7) is 5.25. The zero-order chi connectivity index (χ0) is 14.3.